The largest absolute Gasteiger partial charge is 0.475 e. The summed E-state index contributed by atoms with van der Waals surface area (Å²) in [5.74, 6) is 1.55. The molecule has 0 amide bonds. The molecule has 2 aliphatic heterocycles. The van der Waals surface area contributed by atoms with Gasteiger partial charge in [-0.25, -0.2) is 0 Å². The molecule has 114 valence electrons. The van der Waals surface area contributed by atoms with E-state index in [-0.39, 0.29) is 43.3 Å². The maximum atomic E-state index is 9.65. The molecular formula is C14H25BClNO3. The number of aliphatic hydroxyl groups excluding tert-OH is 1. The summed E-state index contributed by atoms with van der Waals surface area (Å²) < 4.78 is 12.6. The van der Waals surface area contributed by atoms with E-state index in [0.29, 0.717) is 17.9 Å². The van der Waals surface area contributed by atoms with Gasteiger partial charge in [0, 0.05) is 12.5 Å². The minimum atomic E-state index is -0.252. The molecule has 0 radical (unpaired) electrons. The van der Waals surface area contributed by atoms with Crippen molar-refractivity contribution in [2.45, 2.75) is 63.8 Å². The average molecular weight is 302 g/mol. The average Bonchev–Trinajstić information content (AvgIpc) is 2.90. The molecule has 5 aliphatic rings. The fourth-order valence-electron chi connectivity index (χ4n) is 5.03. The van der Waals surface area contributed by atoms with Crippen molar-refractivity contribution in [2.75, 3.05) is 6.54 Å². The van der Waals surface area contributed by atoms with Crippen LogP contribution in [0, 0.1) is 17.3 Å². The SMILES string of the molecule is CC1(C)[C@@H]2CC3OB([C@@H]4C[C@@H](O)CN4)O[C@@]3(C)[C@H]1C2.Cl. The summed E-state index contributed by atoms with van der Waals surface area (Å²) in [7, 11) is -0.178. The maximum Gasteiger partial charge on any atom is 0.475 e. The molecule has 20 heavy (non-hydrogen) atoms. The number of aliphatic hydroxyl groups is 1. The van der Waals surface area contributed by atoms with Gasteiger partial charge in [0.05, 0.1) is 17.8 Å². The van der Waals surface area contributed by atoms with Gasteiger partial charge in [0.2, 0.25) is 0 Å². The second-order valence-electron chi connectivity index (χ2n) is 7.74. The van der Waals surface area contributed by atoms with Crippen LogP contribution in [0.25, 0.3) is 0 Å². The normalized spacial score (nSPS) is 52.2. The van der Waals surface area contributed by atoms with Crippen LogP contribution >= 0.6 is 12.4 Å². The topological polar surface area (TPSA) is 50.7 Å². The van der Waals surface area contributed by atoms with Crippen molar-refractivity contribution in [3.8, 4) is 0 Å². The highest BCUT2D eigenvalue weighted by atomic mass is 35.5. The van der Waals surface area contributed by atoms with Crippen LogP contribution in [0.3, 0.4) is 0 Å². The van der Waals surface area contributed by atoms with E-state index in [1.807, 2.05) is 0 Å². The molecule has 0 aromatic heterocycles. The lowest BCUT2D eigenvalue weighted by atomic mass is 9.43. The summed E-state index contributed by atoms with van der Waals surface area (Å²) in [5, 5.41) is 13.0. The third-order valence-corrected chi connectivity index (χ3v) is 6.44. The zero-order chi connectivity index (χ0) is 13.4. The number of hydrogen-bond donors (Lipinski definition) is 2. The second kappa shape index (κ2) is 4.59. The third kappa shape index (κ3) is 1.83. The Balaban J connectivity index is 0.00000121. The summed E-state index contributed by atoms with van der Waals surface area (Å²) in [4.78, 5) is 0. The quantitative estimate of drug-likeness (QED) is 0.719. The Morgan fingerprint density at radius 2 is 1.95 bits per heavy atom. The summed E-state index contributed by atoms with van der Waals surface area (Å²) in [6.45, 7) is 7.65. The van der Waals surface area contributed by atoms with Gasteiger partial charge >= 0.3 is 7.12 Å². The molecule has 3 saturated carbocycles. The van der Waals surface area contributed by atoms with Gasteiger partial charge in [-0.2, -0.15) is 0 Å². The Morgan fingerprint density at radius 3 is 2.55 bits per heavy atom. The van der Waals surface area contributed by atoms with Gasteiger partial charge in [-0.3, -0.25) is 0 Å². The van der Waals surface area contributed by atoms with Crippen LogP contribution in [0.5, 0.6) is 0 Å². The first-order chi connectivity index (χ1) is 8.91. The first-order valence-electron chi connectivity index (χ1n) is 7.66. The molecule has 0 spiro atoms. The highest BCUT2D eigenvalue weighted by Gasteiger charge is 2.68. The summed E-state index contributed by atoms with van der Waals surface area (Å²) in [6.07, 6.45) is 3.15. The van der Waals surface area contributed by atoms with Gasteiger partial charge in [0.1, 0.15) is 0 Å². The van der Waals surface area contributed by atoms with E-state index in [9.17, 15) is 5.11 Å². The van der Waals surface area contributed by atoms with E-state index in [0.717, 1.165) is 18.8 Å². The van der Waals surface area contributed by atoms with Crippen molar-refractivity contribution in [2.24, 2.45) is 17.3 Å². The molecule has 2 heterocycles. The summed E-state index contributed by atoms with van der Waals surface area (Å²) in [5.41, 5.74) is 0.268. The number of hydrogen-bond acceptors (Lipinski definition) is 4. The minimum absolute atomic E-state index is 0. The van der Waals surface area contributed by atoms with Crippen LogP contribution < -0.4 is 5.32 Å². The second-order valence-corrected chi connectivity index (χ2v) is 7.74. The van der Waals surface area contributed by atoms with Crippen LogP contribution in [0.15, 0.2) is 0 Å². The first kappa shape index (κ1) is 15.1. The molecule has 5 rings (SSSR count). The summed E-state index contributed by atoms with van der Waals surface area (Å²) >= 11 is 0. The number of nitrogens with one attached hydrogen (secondary N) is 1. The Kier molecular flexibility index (Phi) is 3.47. The molecule has 2 N–H and O–H groups in total. The van der Waals surface area contributed by atoms with Crippen molar-refractivity contribution in [1.29, 1.82) is 0 Å². The van der Waals surface area contributed by atoms with Crippen LogP contribution in [0.2, 0.25) is 0 Å². The van der Waals surface area contributed by atoms with E-state index in [2.05, 4.69) is 26.1 Å². The van der Waals surface area contributed by atoms with Crippen LogP contribution in [-0.4, -0.2) is 42.5 Å². The fourth-order valence-corrected chi connectivity index (χ4v) is 5.03. The molecule has 3 aliphatic carbocycles. The van der Waals surface area contributed by atoms with Crippen molar-refractivity contribution < 1.29 is 14.4 Å². The molecule has 0 aromatic carbocycles. The van der Waals surface area contributed by atoms with E-state index in [4.69, 9.17) is 9.31 Å². The predicted octanol–water partition coefficient (Wildman–Crippen LogP) is 1.40. The van der Waals surface area contributed by atoms with Crippen molar-refractivity contribution in [1.82, 2.24) is 5.32 Å². The molecule has 6 heteroatoms. The number of rotatable bonds is 1. The van der Waals surface area contributed by atoms with Gasteiger partial charge < -0.3 is 19.7 Å². The number of β-amino-alcohol motifs (C(OH)–C–C–N with tert-alkyl or cyclic N) is 1. The molecule has 4 nitrogen and oxygen atoms in total. The Labute approximate surface area is 127 Å². The van der Waals surface area contributed by atoms with E-state index in [1.165, 1.54) is 6.42 Å². The van der Waals surface area contributed by atoms with Crippen LogP contribution in [0.4, 0.5) is 0 Å². The van der Waals surface area contributed by atoms with Gasteiger partial charge in [-0.15, -0.1) is 12.4 Å². The lowest BCUT2D eigenvalue weighted by molar-refractivity contribution is -0.199. The Bertz CT molecular complexity index is 410. The van der Waals surface area contributed by atoms with Gasteiger partial charge in [-0.05, 0) is 43.4 Å². The van der Waals surface area contributed by atoms with Crippen LogP contribution in [0.1, 0.15) is 40.0 Å². The smallest absolute Gasteiger partial charge is 0.404 e. The van der Waals surface area contributed by atoms with Gasteiger partial charge in [0.15, 0.2) is 0 Å². The Morgan fingerprint density at radius 1 is 1.20 bits per heavy atom. The predicted molar refractivity (Wildman–Crippen MR) is 79.8 cm³/mol. The van der Waals surface area contributed by atoms with E-state index >= 15 is 0 Å². The zero-order valence-corrected chi connectivity index (χ0v) is 13.3. The summed E-state index contributed by atoms with van der Waals surface area (Å²) in [6, 6.07) is 0. The minimum Gasteiger partial charge on any atom is -0.404 e. The lowest BCUT2D eigenvalue weighted by Crippen LogP contribution is -2.65. The number of halogens is 1. The molecule has 2 saturated heterocycles. The molecular weight excluding hydrogens is 276 g/mol. The van der Waals surface area contributed by atoms with Gasteiger partial charge in [-0.1, -0.05) is 13.8 Å². The molecule has 5 fully saturated rings. The Hall–Kier alpha value is 0.195. The fraction of sp³-hybridized carbons (Fsp3) is 1.00. The van der Waals surface area contributed by atoms with Gasteiger partial charge in [0.25, 0.3) is 0 Å². The molecule has 2 bridgehead atoms. The highest BCUT2D eigenvalue weighted by Crippen LogP contribution is 2.65. The molecule has 6 atom stereocenters. The highest BCUT2D eigenvalue weighted by molar-refractivity contribution is 6.47. The lowest BCUT2D eigenvalue weighted by Gasteiger charge is -2.64. The maximum absolute atomic E-state index is 9.65. The van der Waals surface area contributed by atoms with E-state index in [1.54, 1.807) is 0 Å². The third-order valence-electron chi connectivity index (χ3n) is 6.44. The van der Waals surface area contributed by atoms with E-state index < -0.39 is 0 Å². The van der Waals surface area contributed by atoms with Crippen molar-refractivity contribution in [3.05, 3.63) is 0 Å². The molecule has 0 aromatic rings. The monoisotopic (exact) mass is 301 g/mol. The van der Waals surface area contributed by atoms with Crippen LogP contribution in [-0.2, 0) is 9.31 Å². The first-order valence-corrected chi connectivity index (χ1v) is 7.66. The zero-order valence-electron chi connectivity index (χ0n) is 12.5. The van der Waals surface area contributed by atoms with Crippen molar-refractivity contribution >= 4 is 19.5 Å². The standard InChI is InChI=1S/C14H24BNO3.ClH/c1-13(2)8-4-10(13)14(3)11(5-8)18-15(19-14)12-6-9(17)7-16-12;/h8-12,16-17H,4-7H2,1-3H3;1H/t8-,9+,10-,11?,12-,14-;/m0./s1. The van der Waals surface area contributed by atoms with Crippen molar-refractivity contribution in [3.63, 3.8) is 0 Å². The molecule has 1 unspecified atom stereocenters.